The van der Waals surface area contributed by atoms with Crippen molar-refractivity contribution in [1.29, 1.82) is 0 Å². The number of rotatable bonds is 1. The van der Waals surface area contributed by atoms with Crippen LogP contribution in [0.25, 0.3) is 0 Å². The van der Waals surface area contributed by atoms with Gasteiger partial charge in [-0.1, -0.05) is 20.8 Å². The zero-order valence-corrected chi connectivity index (χ0v) is 10.4. The van der Waals surface area contributed by atoms with Gasteiger partial charge in [-0.2, -0.15) is 0 Å². The van der Waals surface area contributed by atoms with E-state index in [1.54, 1.807) is 18.8 Å². The standard InChI is InChI=1S/C4H10N2S.C4H10.C2H4/c1-6-4(3-5)7-2;1-4(2)3;1-2/h3,5H2,1-2H3;4H,1-3H3;1-2H2. The number of hydrogen-bond acceptors (Lipinski definition) is 3. The van der Waals surface area contributed by atoms with Crippen LogP contribution in [-0.4, -0.2) is 24.9 Å². The summed E-state index contributed by atoms with van der Waals surface area (Å²) in [6.45, 7) is 13.1. The summed E-state index contributed by atoms with van der Waals surface area (Å²) in [6, 6.07) is 0. The third kappa shape index (κ3) is 33.8. The molecule has 0 atom stereocenters. The Labute approximate surface area is 87.7 Å². The molecule has 0 aromatic carbocycles. The molecule has 2 nitrogen and oxygen atoms in total. The number of aliphatic imine (C=N–C) groups is 1. The van der Waals surface area contributed by atoms with Gasteiger partial charge in [-0.3, -0.25) is 4.99 Å². The lowest BCUT2D eigenvalue weighted by Gasteiger charge is -1.91. The first kappa shape index (κ1) is 18.5. The van der Waals surface area contributed by atoms with E-state index < -0.39 is 0 Å². The van der Waals surface area contributed by atoms with Gasteiger partial charge in [-0.25, -0.2) is 0 Å². The molecule has 0 saturated heterocycles. The highest BCUT2D eigenvalue weighted by Crippen LogP contribution is 1.92. The van der Waals surface area contributed by atoms with Gasteiger partial charge < -0.3 is 5.73 Å². The molecule has 2 N–H and O–H groups in total. The van der Waals surface area contributed by atoms with Crippen molar-refractivity contribution < 1.29 is 0 Å². The van der Waals surface area contributed by atoms with E-state index in [9.17, 15) is 0 Å². The van der Waals surface area contributed by atoms with Crippen LogP contribution < -0.4 is 5.73 Å². The van der Waals surface area contributed by atoms with Gasteiger partial charge in [-0.05, 0) is 12.2 Å². The van der Waals surface area contributed by atoms with E-state index in [0.29, 0.717) is 6.54 Å². The molecule has 0 radical (unpaired) electrons. The summed E-state index contributed by atoms with van der Waals surface area (Å²) in [6.07, 6.45) is 1.97. The maximum Gasteiger partial charge on any atom is 0.0806 e. The van der Waals surface area contributed by atoms with Gasteiger partial charge >= 0.3 is 0 Å². The molecule has 0 spiro atoms. The highest BCUT2D eigenvalue weighted by Gasteiger charge is 1.85. The molecule has 3 heteroatoms. The maximum atomic E-state index is 5.24. The van der Waals surface area contributed by atoms with Crippen molar-refractivity contribution in [2.45, 2.75) is 20.8 Å². The SMILES string of the molecule is C=C.CC(C)C.CN=C(CN)SC. The molecule has 0 aliphatic heterocycles. The monoisotopic (exact) mass is 204 g/mol. The molecule has 0 bridgehead atoms. The fourth-order valence-electron chi connectivity index (χ4n) is 0.266. The summed E-state index contributed by atoms with van der Waals surface area (Å²) in [5.74, 6) is 0.833. The molecule has 0 aliphatic carbocycles. The van der Waals surface area contributed by atoms with E-state index in [1.807, 2.05) is 6.26 Å². The highest BCUT2D eigenvalue weighted by atomic mass is 32.2. The lowest BCUT2D eigenvalue weighted by Crippen LogP contribution is -2.08. The second-order valence-corrected chi connectivity index (χ2v) is 3.64. The largest absolute Gasteiger partial charge is 0.325 e. The van der Waals surface area contributed by atoms with Crippen LogP contribution in [0.4, 0.5) is 0 Å². The van der Waals surface area contributed by atoms with Gasteiger partial charge in [0.2, 0.25) is 0 Å². The molecule has 0 aliphatic rings. The molecular weight excluding hydrogens is 180 g/mol. The van der Waals surface area contributed by atoms with E-state index >= 15 is 0 Å². The molecule has 13 heavy (non-hydrogen) atoms. The Morgan fingerprint density at radius 2 is 1.69 bits per heavy atom. The van der Waals surface area contributed by atoms with Crippen LogP contribution in [0.2, 0.25) is 0 Å². The van der Waals surface area contributed by atoms with Crippen molar-refractivity contribution in [3.05, 3.63) is 13.2 Å². The van der Waals surface area contributed by atoms with Crippen LogP contribution in [-0.2, 0) is 0 Å². The van der Waals surface area contributed by atoms with Gasteiger partial charge in [-0.15, -0.1) is 24.9 Å². The molecule has 0 rings (SSSR count). The van der Waals surface area contributed by atoms with E-state index in [2.05, 4.69) is 38.9 Å². The fourth-order valence-corrected chi connectivity index (χ4v) is 0.615. The van der Waals surface area contributed by atoms with E-state index in [-0.39, 0.29) is 0 Å². The van der Waals surface area contributed by atoms with Gasteiger partial charge in [0.25, 0.3) is 0 Å². The summed E-state index contributed by atoms with van der Waals surface area (Å²) < 4.78 is 0. The smallest absolute Gasteiger partial charge is 0.0806 e. The Morgan fingerprint density at radius 1 is 1.38 bits per heavy atom. The second kappa shape index (κ2) is 17.7. The topological polar surface area (TPSA) is 38.4 Å². The van der Waals surface area contributed by atoms with E-state index in [4.69, 9.17) is 5.73 Å². The average molecular weight is 204 g/mol. The van der Waals surface area contributed by atoms with Crippen molar-refractivity contribution in [1.82, 2.24) is 0 Å². The predicted molar refractivity (Wildman–Crippen MR) is 67.7 cm³/mol. The minimum absolute atomic E-state index is 0.567. The minimum atomic E-state index is 0.567. The van der Waals surface area contributed by atoms with Crippen LogP contribution in [0.15, 0.2) is 18.2 Å². The number of hydrogen-bond donors (Lipinski definition) is 1. The summed E-state index contributed by atoms with van der Waals surface area (Å²) >= 11 is 1.59. The molecule has 0 saturated carbocycles. The molecule has 0 aromatic rings. The molecule has 0 fully saturated rings. The molecule has 0 unspecified atom stereocenters. The van der Waals surface area contributed by atoms with E-state index in [0.717, 1.165) is 11.0 Å². The van der Waals surface area contributed by atoms with Crippen LogP contribution in [0.1, 0.15) is 20.8 Å². The summed E-state index contributed by atoms with van der Waals surface area (Å²) in [5.41, 5.74) is 5.24. The summed E-state index contributed by atoms with van der Waals surface area (Å²) in [4.78, 5) is 3.88. The normalized spacial score (nSPS) is 9.62. The molecule has 0 amide bonds. The van der Waals surface area contributed by atoms with Gasteiger partial charge in [0, 0.05) is 13.6 Å². The zero-order valence-electron chi connectivity index (χ0n) is 9.63. The average Bonchev–Trinajstić information content (AvgIpc) is 2.10. The first-order chi connectivity index (χ1) is 6.08. The zero-order chi connectivity index (χ0) is 11.3. The Bertz CT molecular complexity index is 103. The van der Waals surface area contributed by atoms with Crippen molar-refractivity contribution >= 4 is 16.8 Å². The van der Waals surface area contributed by atoms with Crippen LogP contribution in [0, 0.1) is 5.92 Å². The van der Waals surface area contributed by atoms with Crippen LogP contribution >= 0.6 is 11.8 Å². The number of nitrogens with two attached hydrogens (primary N) is 1. The first-order valence-corrected chi connectivity index (χ1v) is 5.50. The molecule has 0 aromatic heterocycles. The highest BCUT2D eigenvalue weighted by molar-refractivity contribution is 8.13. The number of thioether (sulfide) groups is 1. The molecule has 0 heterocycles. The minimum Gasteiger partial charge on any atom is -0.325 e. The Balaban J connectivity index is -0.000000142. The quantitative estimate of drug-likeness (QED) is 0.405. The Hall–Kier alpha value is -0.280. The predicted octanol–water partition coefficient (Wildman–Crippen LogP) is 2.80. The van der Waals surface area contributed by atoms with Gasteiger partial charge in [0.05, 0.1) is 5.04 Å². The van der Waals surface area contributed by atoms with Crippen molar-refractivity contribution in [2.75, 3.05) is 19.8 Å². The van der Waals surface area contributed by atoms with Gasteiger partial charge in [0.15, 0.2) is 0 Å². The summed E-state index contributed by atoms with van der Waals surface area (Å²) in [5, 5.41) is 1.00. The van der Waals surface area contributed by atoms with E-state index in [1.165, 1.54) is 0 Å². The third-order valence-electron chi connectivity index (χ3n) is 0.660. The summed E-state index contributed by atoms with van der Waals surface area (Å²) in [7, 11) is 1.75. The lowest BCUT2D eigenvalue weighted by molar-refractivity contribution is 0.737. The maximum absolute atomic E-state index is 5.24. The Morgan fingerprint density at radius 3 is 1.69 bits per heavy atom. The Kier molecular flexibility index (Phi) is 25.2. The van der Waals surface area contributed by atoms with Gasteiger partial charge in [0.1, 0.15) is 0 Å². The lowest BCUT2D eigenvalue weighted by atomic mass is 10.3. The van der Waals surface area contributed by atoms with Crippen LogP contribution in [0.3, 0.4) is 0 Å². The van der Waals surface area contributed by atoms with Crippen molar-refractivity contribution in [3.8, 4) is 0 Å². The fraction of sp³-hybridized carbons (Fsp3) is 0.700. The van der Waals surface area contributed by atoms with Crippen LogP contribution in [0.5, 0.6) is 0 Å². The first-order valence-electron chi connectivity index (χ1n) is 4.28. The number of nitrogens with zero attached hydrogens (tertiary/aromatic N) is 1. The van der Waals surface area contributed by atoms with Crippen molar-refractivity contribution in [2.24, 2.45) is 16.6 Å². The molecule has 80 valence electrons. The third-order valence-corrected chi connectivity index (χ3v) is 1.48. The molecular formula is C10H24N2S. The van der Waals surface area contributed by atoms with Crippen molar-refractivity contribution in [3.63, 3.8) is 0 Å². The second-order valence-electron chi connectivity index (χ2n) is 2.76.